The van der Waals surface area contributed by atoms with E-state index in [4.69, 9.17) is 5.14 Å². The standard InChI is InChI=1S/C17H31N3O3S/c1-3-5-6-7-10-13-20(4-2)14-17(21)15-11-8-9-12-16(15)19-24(18,22)23/h8-9,11-12,17,19,21H,3-7,10,13-14H2,1-2H3,(H2,18,22,23). The number of hydrogen-bond donors (Lipinski definition) is 3. The molecule has 0 aliphatic heterocycles. The van der Waals surface area contributed by atoms with E-state index in [1.165, 1.54) is 25.7 Å². The molecule has 0 aromatic heterocycles. The summed E-state index contributed by atoms with van der Waals surface area (Å²) in [6, 6.07) is 6.79. The number of aliphatic hydroxyl groups excluding tert-OH is 1. The lowest BCUT2D eigenvalue weighted by molar-refractivity contribution is 0.115. The number of nitrogens with zero attached hydrogens (tertiary/aromatic N) is 1. The van der Waals surface area contributed by atoms with E-state index >= 15 is 0 Å². The molecule has 0 fully saturated rings. The minimum Gasteiger partial charge on any atom is -0.387 e. The fraction of sp³-hybridized carbons (Fsp3) is 0.647. The zero-order chi connectivity index (χ0) is 18.0. The van der Waals surface area contributed by atoms with Gasteiger partial charge in [0.05, 0.1) is 11.8 Å². The molecule has 0 aliphatic rings. The summed E-state index contributed by atoms with van der Waals surface area (Å²) in [6.07, 6.45) is 5.27. The largest absolute Gasteiger partial charge is 0.387 e. The molecule has 7 heteroatoms. The van der Waals surface area contributed by atoms with Gasteiger partial charge in [0.15, 0.2) is 0 Å². The molecule has 1 atom stereocenters. The second kappa shape index (κ2) is 10.7. The summed E-state index contributed by atoms with van der Waals surface area (Å²) < 4.78 is 24.8. The predicted molar refractivity (Wildman–Crippen MR) is 99.0 cm³/mol. The number of nitrogens with two attached hydrogens (primary N) is 1. The van der Waals surface area contributed by atoms with E-state index in [9.17, 15) is 13.5 Å². The van der Waals surface area contributed by atoms with Crippen molar-refractivity contribution in [3.63, 3.8) is 0 Å². The Labute approximate surface area is 146 Å². The lowest BCUT2D eigenvalue weighted by atomic mass is 10.1. The van der Waals surface area contributed by atoms with Gasteiger partial charge < -0.3 is 10.0 Å². The normalized spacial score (nSPS) is 13.2. The van der Waals surface area contributed by atoms with Crippen LogP contribution in [0.4, 0.5) is 5.69 Å². The maximum Gasteiger partial charge on any atom is 0.296 e. The van der Waals surface area contributed by atoms with Gasteiger partial charge in [-0.1, -0.05) is 57.7 Å². The zero-order valence-electron chi connectivity index (χ0n) is 14.7. The smallest absolute Gasteiger partial charge is 0.296 e. The van der Waals surface area contributed by atoms with E-state index < -0.39 is 16.3 Å². The Morgan fingerprint density at radius 3 is 2.46 bits per heavy atom. The molecule has 138 valence electrons. The number of hydrogen-bond acceptors (Lipinski definition) is 4. The molecule has 0 radical (unpaired) electrons. The molecule has 0 amide bonds. The average Bonchev–Trinajstić information content (AvgIpc) is 2.52. The van der Waals surface area contributed by atoms with Gasteiger partial charge in [-0.25, -0.2) is 5.14 Å². The first-order chi connectivity index (χ1) is 11.4. The molecule has 1 aromatic carbocycles. The van der Waals surface area contributed by atoms with E-state index in [0.717, 1.165) is 19.5 Å². The molecule has 0 heterocycles. The van der Waals surface area contributed by atoms with Crippen molar-refractivity contribution in [2.45, 2.75) is 52.1 Å². The third-order valence-corrected chi connectivity index (χ3v) is 4.53. The van der Waals surface area contributed by atoms with Crippen LogP contribution in [-0.2, 0) is 10.2 Å². The number of aliphatic hydroxyl groups is 1. The summed E-state index contributed by atoms with van der Waals surface area (Å²) in [5.74, 6) is 0. The van der Waals surface area contributed by atoms with Crippen LogP contribution in [0.1, 0.15) is 57.6 Å². The average molecular weight is 358 g/mol. The fourth-order valence-corrected chi connectivity index (χ4v) is 3.19. The quantitative estimate of drug-likeness (QED) is 0.501. The number of rotatable bonds is 12. The summed E-state index contributed by atoms with van der Waals surface area (Å²) in [6.45, 7) is 6.50. The highest BCUT2D eigenvalue weighted by molar-refractivity contribution is 7.90. The molecule has 1 rings (SSSR count). The van der Waals surface area contributed by atoms with Crippen LogP contribution in [0.25, 0.3) is 0 Å². The topological polar surface area (TPSA) is 95.7 Å². The minimum atomic E-state index is -3.87. The molecule has 0 saturated carbocycles. The van der Waals surface area contributed by atoms with Crippen LogP contribution in [0, 0.1) is 0 Å². The van der Waals surface area contributed by atoms with Gasteiger partial charge in [0.25, 0.3) is 10.2 Å². The van der Waals surface area contributed by atoms with Crippen LogP contribution in [0.2, 0.25) is 0 Å². The summed E-state index contributed by atoms with van der Waals surface area (Å²) in [5.41, 5.74) is 0.863. The highest BCUT2D eigenvalue weighted by Crippen LogP contribution is 2.24. The predicted octanol–water partition coefficient (Wildman–Crippen LogP) is 2.63. The van der Waals surface area contributed by atoms with E-state index in [2.05, 4.69) is 23.5 Å². The van der Waals surface area contributed by atoms with Crippen molar-refractivity contribution in [2.24, 2.45) is 5.14 Å². The first-order valence-corrected chi connectivity index (χ1v) is 10.2. The van der Waals surface area contributed by atoms with E-state index in [-0.39, 0.29) is 0 Å². The summed E-state index contributed by atoms with van der Waals surface area (Å²) in [5, 5.41) is 15.6. The molecule has 4 N–H and O–H groups in total. The maximum atomic E-state index is 11.3. The second-order valence-electron chi connectivity index (χ2n) is 6.06. The molecular formula is C17H31N3O3S. The van der Waals surface area contributed by atoms with Crippen LogP contribution in [-0.4, -0.2) is 38.1 Å². The molecule has 6 nitrogen and oxygen atoms in total. The van der Waals surface area contributed by atoms with E-state index in [1.54, 1.807) is 24.3 Å². The molecule has 0 spiro atoms. The van der Waals surface area contributed by atoms with Gasteiger partial charge in [-0.3, -0.25) is 4.72 Å². The number of para-hydroxylation sites is 1. The summed E-state index contributed by atoms with van der Waals surface area (Å²) >= 11 is 0. The summed E-state index contributed by atoms with van der Waals surface area (Å²) in [4.78, 5) is 2.18. The molecule has 1 aromatic rings. The van der Waals surface area contributed by atoms with Crippen molar-refractivity contribution in [2.75, 3.05) is 24.4 Å². The number of unbranched alkanes of at least 4 members (excludes halogenated alkanes) is 4. The van der Waals surface area contributed by atoms with Gasteiger partial charge >= 0.3 is 0 Å². The van der Waals surface area contributed by atoms with Crippen LogP contribution in [0.3, 0.4) is 0 Å². The third-order valence-electron chi connectivity index (χ3n) is 4.03. The van der Waals surface area contributed by atoms with Gasteiger partial charge in [-0.05, 0) is 25.6 Å². The number of anilines is 1. The van der Waals surface area contributed by atoms with Crippen molar-refractivity contribution in [3.8, 4) is 0 Å². The van der Waals surface area contributed by atoms with Crippen molar-refractivity contribution >= 4 is 15.9 Å². The maximum absolute atomic E-state index is 11.3. The number of nitrogens with one attached hydrogen (secondary N) is 1. The minimum absolute atomic E-state index is 0.325. The highest BCUT2D eigenvalue weighted by atomic mass is 32.2. The van der Waals surface area contributed by atoms with Gasteiger partial charge in [-0.2, -0.15) is 8.42 Å². The van der Waals surface area contributed by atoms with Gasteiger partial charge in [-0.15, -0.1) is 0 Å². The Balaban J connectivity index is 2.63. The molecule has 1 unspecified atom stereocenters. The van der Waals surface area contributed by atoms with Crippen molar-refractivity contribution < 1.29 is 13.5 Å². The Morgan fingerprint density at radius 2 is 1.83 bits per heavy atom. The monoisotopic (exact) mass is 357 g/mol. The molecule has 24 heavy (non-hydrogen) atoms. The van der Waals surface area contributed by atoms with Crippen molar-refractivity contribution in [1.29, 1.82) is 0 Å². The lowest BCUT2D eigenvalue weighted by Gasteiger charge is -2.25. The van der Waals surface area contributed by atoms with Crippen LogP contribution < -0.4 is 9.86 Å². The SMILES string of the molecule is CCCCCCCN(CC)CC(O)c1ccccc1NS(N)(=O)=O. The Bertz CT molecular complexity index is 578. The fourth-order valence-electron chi connectivity index (χ4n) is 2.69. The van der Waals surface area contributed by atoms with Gasteiger partial charge in [0.1, 0.15) is 0 Å². The molecule has 0 bridgehead atoms. The first kappa shape index (κ1) is 20.9. The van der Waals surface area contributed by atoms with E-state index in [0.29, 0.717) is 17.8 Å². The van der Waals surface area contributed by atoms with Gasteiger partial charge in [0, 0.05) is 12.1 Å². The van der Waals surface area contributed by atoms with Crippen LogP contribution in [0.15, 0.2) is 24.3 Å². The van der Waals surface area contributed by atoms with Crippen molar-refractivity contribution in [3.05, 3.63) is 29.8 Å². The Morgan fingerprint density at radius 1 is 1.17 bits per heavy atom. The van der Waals surface area contributed by atoms with Crippen LogP contribution in [0.5, 0.6) is 0 Å². The Kier molecular flexibility index (Phi) is 9.28. The second-order valence-corrected chi connectivity index (χ2v) is 7.35. The molecular weight excluding hydrogens is 326 g/mol. The summed E-state index contributed by atoms with van der Waals surface area (Å²) in [7, 11) is -3.87. The number of benzene rings is 1. The van der Waals surface area contributed by atoms with E-state index in [1.807, 2.05) is 0 Å². The molecule has 0 saturated heterocycles. The van der Waals surface area contributed by atoms with Crippen molar-refractivity contribution in [1.82, 2.24) is 4.90 Å². The number of likely N-dealkylation sites (N-methyl/N-ethyl adjacent to an activating group) is 1. The molecule has 0 aliphatic carbocycles. The van der Waals surface area contributed by atoms with Crippen LogP contribution >= 0.6 is 0 Å². The lowest BCUT2D eigenvalue weighted by Crippen LogP contribution is -2.30. The van der Waals surface area contributed by atoms with Gasteiger partial charge in [0.2, 0.25) is 0 Å². The zero-order valence-corrected chi connectivity index (χ0v) is 15.6. The highest BCUT2D eigenvalue weighted by Gasteiger charge is 2.17. The Hall–Kier alpha value is -1.15. The first-order valence-electron chi connectivity index (χ1n) is 8.67. The third kappa shape index (κ3) is 8.10.